The van der Waals surface area contributed by atoms with Gasteiger partial charge in [0.2, 0.25) is 0 Å². The fourth-order valence-corrected chi connectivity index (χ4v) is 3.67. The minimum Gasteiger partial charge on any atom is -0.227 e. The fraction of sp³-hybridized carbons (Fsp3) is 0.286. The smallest absolute Gasteiger partial charge is 0.227 e. The Bertz CT molecular complexity index is 911. The molecule has 2 nitrogen and oxygen atoms in total. The Balaban J connectivity index is 1.89. The number of hydrogen-bond acceptors (Lipinski definition) is 0. The lowest BCUT2D eigenvalue weighted by Gasteiger charge is -2.08. The lowest BCUT2D eigenvalue weighted by atomic mass is 10.1. The van der Waals surface area contributed by atoms with E-state index in [1.54, 1.807) is 6.07 Å². The summed E-state index contributed by atoms with van der Waals surface area (Å²) in [5, 5.41) is 0. The monoisotopic (exact) mass is 357 g/mol. The number of imidazole rings is 1. The van der Waals surface area contributed by atoms with Crippen LogP contribution in [0.4, 0.5) is 13.2 Å². The molecule has 0 saturated heterocycles. The van der Waals surface area contributed by atoms with Crippen LogP contribution in [0.2, 0.25) is 0 Å². The average Bonchev–Trinajstić information content (AvgIpc) is 2.83. The lowest BCUT2D eigenvalue weighted by molar-refractivity contribution is -0.692. The van der Waals surface area contributed by atoms with Crippen LogP contribution >= 0.6 is 0 Å². The van der Waals surface area contributed by atoms with Gasteiger partial charge in [-0.05, 0) is 37.5 Å². The molecule has 0 unspecified atom stereocenters. The number of alkyl halides is 3. The van der Waals surface area contributed by atoms with E-state index in [0.717, 1.165) is 55.4 Å². The van der Waals surface area contributed by atoms with E-state index in [1.165, 1.54) is 12.1 Å². The van der Waals surface area contributed by atoms with Gasteiger partial charge in [0.1, 0.15) is 11.9 Å². The first-order chi connectivity index (χ1) is 12.5. The zero-order valence-electron chi connectivity index (χ0n) is 14.3. The third kappa shape index (κ3) is 3.14. The molecule has 1 aliphatic rings. The summed E-state index contributed by atoms with van der Waals surface area (Å²) in [5.41, 5.74) is 2.09. The normalized spacial score (nSPS) is 14.7. The van der Waals surface area contributed by atoms with Crippen LogP contribution in [-0.4, -0.2) is 4.57 Å². The second-order valence-electron chi connectivity index (χ2n) is 6.68. The average molecular weight is 357 g/mol. The fourth-order valence-electron chi connectivity index (χ4n) is 3.67. The molecule has 5 heteroatoms. The molecule has 0 aliphatic carbocycles. The highest BCUT2D eigenvalue weighted by molar-refractivity contribution is 5.56. The Morgan fingerprint density at radius 1 is 0.885 bits per heavy atom. The third-order valence-electron chi connectivity index (χ3n) is 4.94. The van der Waals surface area contributed by atoms with Crippen LogP contribution in [0.25, 0.3) is 16.9 Å². The zero-order chi connectivity index (χ0) is 18.1. The van der Waals surface area contributed by atoms with Crippen molar-refractivity contribution < 1.29 is 17.7 Å². The number of nitrogens with zero attached hydrogens (tertiary/aromatic N) is 2. The van der Waals surface area contributed by atoms with E-state index in [1.807, 2.05) is 41.1 Å². The number of aromatic nitrogens is 2. The first-order valence-corrected chi connectivity index (χ1v) is 8.91. The van der Waals surface area contributed by atoms with Crippen LogP contribution in [-0.2, 0) is 19.1 Å². The minimum absolute atomic E-state index is 0.563. The van der Waals surface area contributed by atoms with E-state index in [9.17, 15) is 13.2 Å². The molecule has 4 rings (SSSR count). The highest BCUT2D eigenvalue weighted by atomic mass is 19.4. The van der Waals surface area contributed by atoms with Gasteiger partial charge in [-0.1, -0.05) is 36.4 Å². The second-order valence-corrected chi connectivity index (χ2v) is 6.68. The first-order valence-electron chi connectivity index (χ1n) is 8.91. The molecule has 0 fully saturated rings. The van der Waals surface area contributed by atoms with Gasteiger partial charge in [-0.3, -0.25) is 0 Å². The Morgan fingerprint density at radius 3 is 2.46 bits per heavy atom. The molecular formula is C21H20F3N2+. The molecule has 0 atom stereocenters. The first kappa shape index (κ1) is 16.9. The van der Waals surface area contributed by atoms with E-state index in [4.69, 9.17) is 0 Å². The molecule has 2 heterocycles. The van der Waals surface area contributed by atoms with Gasteiger partial charge in [0.15, 0.2) is 5.69 Å². The molecule has 134 valence electrons. The predicted octanol–water partition coefficient (Wildman–Crippen LogP) is 5.18. The number of hydrogen-bond donors (Lipinski definition) is 0. The minimum atomic E-state index is -4.34. The molecule has 0 N–H and O–H groups in total. The van der Waals surface area contributed by atoms with Gasteiger partial charge in [0, 0.05) is 12.0 Å². The second kappa shape index (κ2) is 6.63. The van der Waals surface area contributed by atoms with Crippen LogP contribution in [0.1, 0.15) is 30.7 Å². The van der Waals surface area contributed by atoms with Crippen LogP contribution in [0.5, 0.6) is 0 Å². The Kier molecular flexibility index (Phi) is 4.31. The summed E-state index contributed by atoms with van der Waals surface area (Å²) in [6, 6.07) is 15.6. The molecule has 0 saturated carbocycles. The van der Waals surface area contributed by atoms with Gasteiger partial charge in [-0.2, -0.15) is 17.7 Å². The maximum absolute atomic E-state index is 13.1. The summed E-state index contributed by atoms with van der Waals surface area (Å²) in [5.74, 6) is 1.07. The molecular weight excluding hydrogens is 337 g/mol. The zero-order valence-corrected chi connectivity index (χ0v) is 14.3. The highest BCUT2D eigenvalue weighted by Gasteiger charge is 2.32. The predicted molar refractivity (Wildman–Crippen MR) is 94.0 cm³/mol. The van der Waals surface area contributed by atoms with Crippen molar-refractivity contribution >= 4 is 0 Å². The van der Waals surface area contributed by atoms with Crippen LogP contribution in [0.3, 0.4) is 0 Å². The lowest BCUT2D eigenvalue weighted by Crippen LogP contribution is -2.38. The largest absolute Gasteiger partial charge is 0.416 e. The Labute approximate surface area is 150 Å². The van der Waals surface area contributed by atoms with Gasteiger partial charge in [-0.25, -0.2) is 4.57 Å². The van der Waals surface area contributed by atoms with Crippen molar-refractivity contribution in [2.45, 2.75) is 38.4 Å². The standard InChI is InChI=1S/C21H20F3N2/c22-21(23,24)17-10-7-11-18(14-17)26-15-19(16-8-3-1-4-9-16)25-13-6-2-5-12-20(25)26/h1,3-4,7-11,14-15H,2,5-6,12-13H2/q+1. The van der Waals surface area contributed by atoms with Crippen molar-refractivity contribution in [1.29, 1.82) is 0 Å². The maximum Gasteiger partial charge on any atom is 0.416 e. The molecule has 26 heavy (non-hydrogen) atoms. The van der Waals surface area contributed by atoms with E-state index in [0.29, 0.717) is 5.69 Å². The molecule has 1 aromatic heterocycles. The summed E-state index contributed by atoms with van der Waals surface area (Å²) in [6.45, 7) is 0.894. The molecule has 1 aliphatic heterocycles. The van der Waals surface area contributed by atoms with Gasteiger partial charge < -0.3 is 0 Å². The van der Waals surface area contributed by atoms with E-state index in [2.05, 4.69) is 4.57 Å². The number of benzene rings is 2. The van der Waals surface area contributed by atoms with Gasteiger partial charge in [0.25, 0.3) is 5.82 Å². The van der Waals surface area contributed by atoms with Crippen molar-refractivity contribution in [3.05, 3.63) is 72.2 Å². The summed E-state index contributed by atoms with van der Waals surface area (Å²) in [4.78, 5) is 0. The van der Waals surface area contributed by atoms with Crippen molar-refractivity contribution in [3.8, 4) is 16.9 Å². The molecule has 0 bridgehead atoms. The van der Waals surface area contributed by atoms with Crippen LogP contribution in [0, 0.1) is 0 Å². The third-order valence-corrected chi connectivity index (χ3v) is 4.94. The molecule has 0 spiro atoms. The number of halogens is 3. The van der Waals surface area contributed by atoms with Crippen molar-refractivity contribution in [3.63, 3.8) is 0 Å². The van der Waals surface area contributed by atoms with Crippen LogP contribution < -0.4 is 4.57 Å². The van der Waals surface area contributed by atoms with E-state index >= 15 is 0 Å². The Morgan fingerprint density at radius 2 is 1.69 bits per heavy atom. The van der Waals surface area contributed by atoms with Crippen LogP contribution in [0.15, 0.2) is 60.8 Å². The molecule has 3 aromatic rings. The summed E-state index contributed by atoms with van der Waals surface area (Å²) in [6.07, 6.45) is 1.78. The van der Waals surface area contributed by atoms with E-state index < -0.39 is 11.7 Å². The maximum atomic E-state index is 13.1. The van der Waals surface area contributed by atoms with Crippen molar-refractivity contribution in [1.82, 2.24) is 4.57 Å². The van der Waals surface area contributed by atoms with Gasteiger partial charge >= 0.3 is 6.18 Å². The van der Waals surface area contributed by atoms with Crippen molar-refractivity contribution in [2.75, 3.05) is 0 Å². The van der Waals surface area contributed by atoms with E-state index in [-0.39, 0.29) is 0 Å². The van der Waals surface area contributed by atoms with Crippen molar-refractivity contribution in [2.24, 2.45) is 0 Å². The Hall–Kier alpha value is -2.56. The number of rotatable bonds is 2. The van der Waals surface area contributed by atoms with Gasteiger partial charge in [-0.15, -0.1) is 0 Å². The molecule has 2 aromatic carbocycles. The van der Waals surface area contributed by atoms with Gasteiger partial charge in [0.05, 0.1) is 12.1 Å². The summed E-state index contributed by atoms with van der Waals surface area (Å²) in [7, 11) is 0. The highest BCUT2D eigenvalue weighted by Crippen LogP contribution is 2.31. The number of fused-ring (bicyclic) bond motifs is 1. The molecule has 0 amide bonds. The summed E-state index contributed by atoms with van der Waals surface area (Å²) >= 11 is 0. The summed E-state index contributed by atoms with van der Waals surface area (Å²) < 4.78 is 43.6. The topological polar surface area (TPSA) is 8.81 Å². The molecule has 0 radical (unpaired) electrons. The SMILES string of the molecule is FC(F)(F)c1cccc(-n2cc(-c3ccccc3)[n+]3c2CCCCC3)c1. The quantitative estimate of drug-likeness (QED) is 0.559.